The van der Waals surface area contributed by atoms with Crippen LogP contribution >= 0.6 is 0 Å². The smallest absolute Gasteiger partial charge is 0.327 e. The van der Waals surface area contributed by atoms with Crippen LogP contribution in [-0.4, -0.2) is 60.6 Å². The fourth-order valence-electron chi connectivity index (χ4n) is 1.58. The highest BCUT2D eigenvalue weighted by molar-refractivity contribution is 5.82. The van der Waals surface area contributed by atoms with Gasteiger partial charge < -0.3 is 15.7 Å². The first-order chi connectivity index (χ1) is 7.09. The second kappa shape index (κ2) is 5.67. The van der Waals surface area contributed by atoms with Crippen molar-refractivity contribution in [2.45, 2.75) is 13.0 Å². The molecule has 1 aliphatic heterocycles. The molecule has 0 aromatic rings. The number of nitrogens with one attached hydrogen (secondary N) is 2. The van der Waals surface area contributed by atoms with Gasteiger partial charge in [0.25, 0.3) is 0 Å². The summed E-state index contributed by atoms with van der Waals surface area (Å²) in [5.74, 6) is -1.29. The summed E-state index contributed by atoms with van der Waals surface area (Å²) >= 11 is 0. The van der Waals surface area contributed by atoms with Crippen LogP contribution in [0.3, 0.4) is 0 Å². The molecule has 6 heteroatoms. The van der Waals surface area contributed by atoms with Gasteiger partial charge in [-0.25, -0.2) is 4.79 Å². The lowest BCUT2D eigenvalue weighted by atomic mass is 10.2. The fourth-order valence-corrected chi connectivity index (χ4v) is 1.58. The minimum atomic E-state index is -0.983. The highest BCUT2D eigenvalue weighted by atomic mass is 16.4. The quantitative estimate of drug-likeness (QED) is 0.530. The van der Waals surface area contributed by atoms with Crippen LogP contribution < -0.4 is 10.6 Å². The maximum Gasteiger partial charge on any atom is 0.327 e. The van der Waals surface area contributed by atoms with Gasteiger partial charge in [0.1, 0.15) is 6.04 Å². The van der Waals surface area contributed by atoms with Crippen molar-refractivity contribution in [3.8, 4) is 0 Å². The molecule has 86 valence electrons. The molecule has 0 bridgehead atoms. The van der Waals surface area contributed by atoms with Crippen molar-refractivity contribution in [1.29, 1.82) is 0 Å². The number of carboxylic acids is 1. The van der Waals surface area contributed by atoms with Crippen molar-refractivity contribution in [1.82, 2.24) is 15.5 Å². The van der Waals surface area contributed by atoms with E-state index in [0.29, 0.717) is 6.54 Å². The molecule has 0 saturated carbocycles. The zero-order valence-electron chi connectivity index (χ0n) is 8.82. The lowest BCUT2D eigenvalue weighted by Gasteiger charge is -2.29. The summed E-state index contributed by atoms with van der Waals surface area (Å²) in [4.78, 5) is 23.7. The van der Waals surface area contributed by atoms with E-state index in [9.17, 15) is 9.59 Å². The topological polar surface area (TPSA) is 81.7 Å². The van der Waals surface area contributed by atoms with Gasteiger partial charge in [-0.15, -0.1) is 0 Å². The van der Waals surface area contributed by atoms with E-state index in [1.54, 1.807) is 0 Å². The summed E-state index contributed by atoms with van der Waals surface area (Å²) in [5.41, 5.74) is 0. The van der Waals surface area contributed by atoms with Crippen LogP contribution in [0.1, 0.15) is 6.92 Å². The maximum absolute atomic E-state index is 10.9. The molecule has 1 rings (SSSR count). The molecule has 1 heterocycles. The predicted octanol–water partition coefficient (Wildman–Crippen LogP) is -1.52. The molecule has 0 spiro atoms. The number of carbonyl (C=O) groups excluding carboxylic acids is 1. The molecular weight excluding hydrogens is 198 g/mol. The summed E-state index contributed by atoms with van der Waals surface area (Å²) in [6, 6.07) is -0.805. The average Bonchev–Trinajstić information content (AvgIpc) is 2.17. The van der Waals surface area contributed by atoms with Gasteiger partial charge in [0.2, 0.25) is 5.91 Å². The summed E-state index contributed by atoms with van der Waals surface area (Å²) in [6.45, 7) is 5.08. The van der Waals surface area contributed by atoms with Gasteiger partial charge in [-0.05, 0) is 0 Å². The number of rotatable bonds is 4. The molecule has 0 aliphatic carbocycles. The second-order valence-electron chi connectivity index (χ2n) is 3.64. The summed E-state index contributed by atoms with van der Waals surface area (Å²) in [5, 5.41) is 14.5. The zero-order chi connectivity index (χ0) is 11.3. The van der Waals surface area contributed by atoms with E-state index in [1.807, 2.05) is 4.90 Å². The molecule has 1 fully saturated rings. The van der Waals surface area contributed by atoms with Gasteiger partial charge in [-0.2, -0.15) is 0 Å². The van der Waals surface area contributed by atoms with Crippen molar-refractivity contribution in [3.05, 3.63) is 0 Å². The number of carboxylic acid groups (broad SMARTS) is 1. The normalized spacial score (nSPS) is 19.5. The molecule has 0 aromatic heterocycles. The van der Waals surface area contributed by atoms with Crippen LogP contribution in [0.25, 0.3) is 0 Å². The summed E-state index contributed by atoms with van der Waals surface area (Å²) in [7, 11) is 0. The molecule has 1 amide bonds. The summed E-state index contributed by atoms with van der Waals surface area (Å²) in [6.07, 6.45) is 0. The highest BCUT2D eigenvalue weighted by Crippen LogP contribution is 1.96. The Kier molecular flexibility index (Phi) is 4.51. The first-order valence-electron chi connectivity index (χ1n) is 5.02. The number of hydrogen-bond acceptors (Lipinski definition) is 4. The third-order valence-corrected chi connectivity index (χ3v) is 2.33. The molecule has 6 nitrogen and oxygen atoms in total. The van der Waals surface area contributed by atoms with Gasteiger partial charge in [0.05, 0.1) is 0 Å². The molecule has 1 aliphatic rings. The highest BCUT2D eigenvalue weighted by Gasteiger charge is 2.22. The number of hydrogen-bond donors (Lipinski definition) is 3. The molecular formula is C9H17N3O3. The Bertz CT molecular complexity index is 239. The molecule has 0 aromatic carbocycles. The Balaban J connectivity index is 2.42. The molecule has 15 heavy (non-hydrogen) atoms. The Morgan fingerprint density at radius 3 is 2.53 bits per heavy atom. The predicted molar refractivity (Wildman–Crippen MR) is 54.6 cm³/mol. The maximum atomic E-state index is 10.9. The van der Waals surface area contributed by atoms with Crippen molar-refractivity contribution < 1.29 is 14.7 Å². The van der Waals surface area contributed by atoms with Gasteiger partial charge >= 0.3 is 5.97 Å². The van der Waals surface area contributed by atoms with E-state index in [2.05, 4.69) is 10.6 Å². The van der Waals surface area contributed by atoms with Gasteiger partial charge in [0, 0.05) is 39.6 Å². The largest absolute Gasteiger partial charge is 0.480 e. The zero-order valence-corrected chi connectivity index (χ0v) is 8.82. The monoisotopic (exact) mass is 215 g/mol. The standard InChI is InChI=1S/C9H17N3O3/c1-7(13)11-8(9(14)15)6-12-4-2-10-3-5-12/h8,10H,2-6H2,1H3,(H,11,13)(H,14,15). The van der Waals surface area contributed by atoms with Gasteiger partial charge in [-0.3, -0.25) is 9.69 Å². The van der Waals surface area contributed by atoms with Crippen LogP contribution in [0.4, 0.5) is 0 Å². The molecule has 1 atom stereocenters. The number of carbonyl (C=O) groups is 2. The third kappa shape index (κ3) is 4.26. The van der Waals surface area contributed by atoms with Crippen LogP contribution in [0.5, 0.6) is 0 Å². The Hall–Kier alpha value is -1.14. The lowest BCUT2D eigenvalue weighted by Crippen LogP contribution is -2.52. The molecule has 0 radical (unpaired) electrons. The van der Waals surface area contributed by atoms with E-state index in [4.69, 9.17) is 5.11 Å². The van der Waals surface area contributed by atoms with Crippen molar-refractivity contribution in [2.75, 3.05) is 32.7 Å². The lowest BCUT2D eigenvalue weighted by molar-refractivity contribution is -0.142. The van der Waals surface area contributed by atoms with Crippen LogP contribution in [0.15, 0.2) is 0 Å². The van der Waals surface area contributed by atoms with Crippen molar-refractivity contribution in [3.63, 3.8) is 0 Å². The minimum Gasteiger partial charge on any atom is -0.480 e. The van der Waals surface area contributed by atoms with Crippen LogP contribution in [-0.2, 0) is 9.59 Å². The summed E-state index contributed by atoms with van der Waals surface area (Å²) < 4.78 is 0. The van der Waals surface area contributed by atoms with Gasteiger partial charge in [0.15, 0.2) is 0 Å². The Labute approximate surface area is 88.6 Å². The molecule has 3 N–H and O–H groups in total. The number of aliphatic carboxylic acids is 1. The number of nitrogens with zero attached hydrogens (tertiary/aromatic N) is 1. The van der Waals surface area contributed by atoms with Crippen molar-refractivity contribution in [2.24, 2.45) is 0 Å². The van der Waals surface area contributed by atoms with Gasteiger partial charge in [-0.1, -0.05) is 0 Å². The minimum absolute atomic E-state index is 0.308. The third-order valence-electron chi connectivity index (χ3n) is 2.33. The van der Waals surface area contributed by atoms with E-state index in [-0.39, 0.29) is 5.91 Å². The first kappa shape index (κ1) is 11.9. The number of piperazine rings is 1. The SMILES string of the molecule is CC(=O)NC(CN1CCNCC1)C(=O)O. The fraction of sp³-hybridized carbons (Fsp3) is 0.778. The van der Waals surface area contributed by atoms with Crippen LogP contribution in [0.2, 0.25) is 0 Å². The van der Waals surface area contributed by atoms with Crippen molar-refractivity contribution >= 4 is 11.9 Å². The van der Waals surface area contributed by atoms with E-state index < -0.39 is 12.0 Å². The molecule has 1 saturated heterocycles. The van der Waals surface area contributed by atoms with E-state index in [1.165, 1.54) is 6.92 Å². The van der Waals surface area contributed by atoms with Crippen LogP contribution in [0, 0.1) is 0 Å². The average molecular weight is 215 g/mol. The van der Waals surface area contributed by atoms with E-state index >= 15 is 0 Å². The first-order valence-corrected chi connectivity index (χ1v) is 5.02. The number of amides is 1. The Morgan fingerprint density at radius 1 is 1.47 bits per heavy atom. The molecule has 1 unspecified atom stereocenters. The Morgan fingerprint density at radius 2 is 2.07 bits per heavy atom. The van der Waals surface area contributed by atoms with E-state index in [0.717, 1.165) is 26.2 Å². The second-order valence-corrected chi connectivity index (χ2v) is 3.64.